The molecule has 0 spiro atoms. The SMILES string of the molecule is CC(C)CCNC(=O)CNC1CC=CC1. The highest BCUT2D eigenvalue weighted by molar-refractivity contribution is 5.77. The highest BCUT2D eigenvalue weighted by atomic mass is 16.1. The topological polar surface area (TPSA) is 41.1 Å². The van der Waals surface area contributed by atoms with Crippen LogP contribution in [0.1, 0.15) is 33.1 Å². The Hall–Kier alpha value is -0.830. The second-order valence-corrected chi connectivity index (χ2v) is 4.55. The van der Waals surface area contributed by atoms with Crippen molar-refractivity contribution >= 4 is 5.91 Å². The molecule has 0 saturated carbocycles. The maximum absolute atomic E-state index is 11.4. The Bertz CT molecular complexity index is 216. The van der Waals surface area contributed by atoms with E-state index in [1.165, 1.54) is 0 Å². The largest absolute Gasteiger partial charge is 0.355 e. The summed E-state index contributed by atoms with van der Waals surface area (Å²) in [5, 5.41) is 6.16. The molecule has 0 saturated heterocycles. The van der Waals surface area contributed by atoms with Crippen molar-refractivity contribution < 1.29 is 4.79 Å². The van der Waals surface area contributed by atoms with Crippen LogP contribution in [0.2, 0.25) is 0 Å². The van der Waals surface area contributed by atoms with Crippen LogP contribution in [0.25, 0.3) is 0 Å². The van der Waals surface area contributed by atoms with Crippen LogP contribution in [0.15, 0.2) is 12.2 Å². The van der Waals surface area contributed by atoms with Gasteiger partial charge in [0.15, 0.2) is 0 Å². The van der Waals surface area contributed by atoms with E-state index in [1.807, 2.05) is 0 Å². The third-order valence-electron chi connectivity index (χ3n) is 2.60. The Kier molecular flexibility index (Phi) is 5.40. The van der Waals surface area contributed by atoms with Crippen LogP contribution in [0.5, 0.6) is 0 Å². The summed E-state index contributed by atoms with van der Waals surface area (Å²) in [6, 6.07) is 0.473. The second kappa shape index (κ2) is 6.62. The molecule has 2 N–H and O–H groups in total. The predicted octanol–water partition coefficient (Wildman–Crippen LogP) is 1.46. The lowest BCUT2D eigenvalue weighted by molar-refractivity contribution is -0.120. The highest BCUT2D eigenvalue weighted by Gasteiger charge is 2.10. The van der Waals surface area contributed by atoms with Gasteiger partial charge in [-0.05, 0) is 25.2 Å². The normalized spacial score (nSPS) is 16.2. The number of carbonyl (C=O) groups is 1. The summed E-state index contributed by atoms with van der Waals surface area (Å²) >= 11 is 0. The Balaban J connectivity index is 1.98. The van der Waals surface area contributed by atoms with Gasteiger partial charge in [-0.25, -0.2) is 0 Å². The number of amides is 1. The molecule has 0 aromatic heterocycles. The molecule has 1 aliphatic rings. The standard InChI is InChI=1S/C12H22N2O/c1-10(2)7-8-13-12(15)9-14-11-5-3-4-6-11/h3-4,10-11,14H,5-9H2,1-2H3,(H,13,15). The van der Waals surface area contributed by atoms with E-state index in [1.54, 1.807) is 0 Å². The maximum Gasteiger partial charge on any atom is 0.233 e. The molecule has 86 valence electrons. The first-order valence-corrected chi connectivity index (χ1v) is 5.83. The van der Waals surface area contributed by atoms with Gasteiger partial charge in [-0.15, -0.1) is 0 Å². The lowest BCUT2D eigenvalue weighted by atomic mass is 10.1. The zero-order chi connectivity index (χ0) is 11.1. The summed E-state index contributed by atoms with van der Waals surface area (Å²) in [6.07, 6.45) is 7.48. The summed E-state index contributed by atoms with van der Waals surface area (Å²) in [4.78, 5) is 11.4. The minimum absolute atomic E-state index is 0.113. The average molecular weight is 210 g/mol. The van der Waals surface area contributed by atoms with Crippen LogP contribution in [0.4, 0.5) is 0 Å². The Morgan fingerprint density at radius 3 is 2.67 bits per heavy atom. The molecule has 0 aromatic carbocycles. The Morgan fingerprint density at radius 2 is 2.07 bits per heavy atom. The first-order valence-electron chi connectivity index (χ1n) is 5.83. The van der Waals surface area contributed by atoms with Crippen molar-refractivity contribution in [2.45, 2.75) is 39.2 Å². The first-order chi connectivity index (χ1) is 7.18. The number of rotatable bonds is 6. The fourth-order valence-electron chi connectivity index (χ4n) is 1.58. The van der Waals surface area contributed by atoms with Crippen molar-refractivity contribution in [2.24, 2.45) is 5.92 Å². The van der Waals surface area contributed by atoms with E-state index >= 15 is 0 Å². The van der Waals surface area contributed by atoms with Crippen LogP contribution in [-0.2, 0) is 4.79 Å². The van der Waals surface area contributed by atoms with Gasteiger partial charge in [-0.1, -0.05) is 26.0 Å². The van der Waals surface area contributed by atoms with Crippen molar-refractivity contribution in [3.05, 3.63) is 12.2 Å². The van der Waals surface area contributed by atoms with Crippen molar-refractivity contribution in [1.82, 2.24) is 10.6 Å². The van der Waals surface area contributed by atoms with Crippen molar-refractivity contribution in [2.75, 3.05) is 13.1 Å². The van der Waals surface area contributed by atoms with E-state index in [4.69, 9.17) is 0 Å². The van der Waals surface area contributed by atoms with Crippen LogP contribution >= 0.6 is 0 Å². The van der Waals surface area contributed by atoms with E-state index in [9.17, 15) is 4.79 Å². The smallest absolute Gasteiger partial charge is 0.233 e. The molecule has 0 radical (unpaired) electrons. The zero-order valence-corrected chi connectivity index (χ0v) is 9.75. The van der Waals surface area contributed by atoms with Gasteiger partial charge < -0.3 is 10.6 Å². The maximum atomic E-state index is 11.4. The van der Waals surface area contributed by atoms with E-state index < -0.39 is 0 Å². The fourth-order valence-corrected chi connectivity index (χ4v) is 1.58. The molecule has 0 heterocycles. The van der Waals surface area contributed by atoms with Crippen molar-refractivity contribution in [3.63, 3.8) is 0 Å². The molecule has 0 aromatic rings. The number of hydrogen-bond acceptors (Lipinski definition) is 2. The Labute approximate surface area is 92.3 Å². The third kappa shape index (κ3) is 5.57. The molecule has 3 heteroatoms. The summed E-state index contributed by atoms with van der Waals surface area (Å²) in [6.45, 7) is 5.56. The molecule has 1 amide bonds. The van der Waals surface area contributed by atoms with Crippen LogP contribution in [0.3, 0.4) is 0 Å². The summed E-state index contributed by atoms with van der Waals surface area (Å²) in [7, 11) is 0. The molecular formula is C12H22N2O. The molecule has 0 atom stereocenters. The van der Waals surface area contributed by atoms with E-state index in [-0.39, 0.29) is 5.91 Å². The zero-order valence-electron chi connectivity index (χ0n) is 9.75. The third-order valence-corrected chi connectivity index (χ3v) is 2.60. The fraction of sp³-hybridized carbons (Fsp3) is 0.750. The first kappa shape index (κ1) is 12.2. The summed E-state index contributed by atoms with van der Waals surface area (Å²) in [5.41, 5.74) is 0. The van der Waals surface area contributed by atoms with Gasteiger partial charge in [0, 0.05) is 12.6 Å². The van der Waals surface area contributed by atoms with Gasteiger partial charge >= 0.3 is 0 Å². The van der Waals surface area contributed by atoms with E-state index in [0.717, 1.165) is 25.8 Å². The molecule has 1 rings (SSSR count). The molecule has 1 aliphatic carbocycles. The van der Waals surface area contributed by atoms with Gasteiger partial charge in [0.1, 0.15) is 0 Å². The molecule has 3 nitrogen and oxygen atoms in total. The van der Waals surface area contributed by atoms with Crippen LogP contribution in [0, 0.1) is 5.92 Å². The van der Waals surface area contributed by atoms with Gasteiger partial charge in [-0.3, -0.25) is 4.79 Å². The average Bonchev–Trinajstić information content (AvgIpc) is 2.66. The summed E-state index contributed by atoms with van der Waals surface area (Å²) in [5.74, 6) is 0.764. The molecule has 0 unspecified atom stereocenters. The quantitative estimate of drug-likeness (QED) is 0.652. The second-order valence-electron chi connectivity index (χ2n) is 4.55. The minimum Gasteiger partial charge on any atom is -0.355 e. The lowest BCUT2D eigenvalue weighted by Crippen LogP contribution is -2.38. The minimum atomic E-state index is 0.113. The van der Waals surface area contributed by atoms with E-state index in [2.05, 4.69) is 36.6 Å². The van der Waals surface area contributed by atoms with Crippen LogP contribution < -0.4 is 10.6 Å². The van der Waals surface area contributed by atoms with Gasteiger partial charge in [-0.2, -0.15) is 0 Å². The molecule has 15 heavy (non-hydrogen) atoms. The molecule has 0 fully saturated rings. The molecule has 0 aliphatic heterocycles. The highest BCUT2D eigenvalue weighted by Crippen LogP contribution is 2.08. The van der Waals surface area contributed by atoms with Gasteiger partial charge in [0.2, 0.25) is 5.91 Å². The van der Waals surface area contributed by atoms with Crippen LogP contribution in [-0.4, -0.2) is 25.0 Å². The van der Waals surface area contributed by atoms with Gasteiger partial charge in [0.05, 0.1) is 6.54 Å². The number of hydrogen-bond donors (Lipinski definition) is 2. The number of carbonyl (C=O) groups excluding carboxylic acids is 1. The molecular weight excluding hydrogens is 188 g/mol. The number of nitrogens with one attached hydrogen (secondary N) is 2. The lowest BCUT2D eigenvalue weighted by Gasteiger charge is -2.12. The van der Waals surface area contributed by atoms with E-state index in [0.29, 0.717) is 18.5 Å². The predicted molar refractivity (Wildman–Crippen MR) is 62.6 cm³/mol. The monoisotopic (exact) mass is 210 g/mol. The molecule has 0 bridgehead atoms. The van der Waals surface area contributed by atoms with Crippen molar-refractivity contribution in [1.29, 1.82) is 0 Å². The van der Waals surface area contributed by atoms with Crippen molar-refractivity contribution in [3.8, 4) is 0 Å². The Morgan fingerprint density at radius 1 is 1.40 bits per heavy atom. The van der Waals surface area contributed by atoms with Gasteiger partial charge in [0.25, 0.3) is 0 Å². The summed E-state index contributed by atoms with van der Waals surface area (Å²) < 4.78 is 0.